The molecule has 0 radical (unpaired) electrons. The van der Waals surface area contributed by atoms with Gasteiger partial charge in [-0.05, 0) is 53.8 Å². The molecule has 3 nitrogen and oxygen atoms in total. The smallest absolute Gasteiger partial charge is 0.149 e. The standard InChI is InChI=1S/C19H30INO2/c1-15(2)13-19(23-14-22-3,17-11-7-8-12-18(17)20)21-16-9-5-4-6-10-16/h7-8,11-12,15-16,21H,4-6,9-10,13-14H2,1-3H3/t19-/m0/s1. The van der Waals surface area contributed by atoms with Crippen molar-refractivity contribution >= 4 is 22.6 Å². The summed E-state index contributed by atoms with van der Waals surface area (Å²) in [5.41, 5.74) is 0.765. The lowest BCUT2D eigenvalue weighted by molar-refractivity contribution is -0.166. The van der Waals surface area contributed by atoms with Crippen molar-refractivity contribution in [1.82, 2.24) is 5.32 Å². The minimum Gasteiger partial charge on any atom is -0.359 e. The van der Waals surface area contributed by atoms with E-state index < -0.39 is 5.72 Å². The van der Waals surface area contributed by atoms with Gasteiger partial charge < -0.3 is 9.47 Å². The number of halogens is 1. The summed E-state index contributed by atoms with van der Waals surface area (Å²) in [6, 6.07) is 9.06. The molecule has 2 rings (SSSR count). The van der Waals surface area contributed by atoms with Crippen LogP contribution in [0.2, 0.25) is 0 Å². The highest BCUT2D eigenvalue weighted by molar-refractivity contribution is 14.1. The van der Waals surface area contributed by atoms with E-state index in [1.807, 2.05) is 0 Å². The number of benzene rings is 1. The molecule has 130 valence electrons. The molecule has 0 aromatic heterocycles. The SMILES string of the molecule is COCO[C@](CC(C)C)(NC1CCCCC1)c1ccccc1I. The topological polar surface area (TPSA) is 30.5 Å². The molecule has 0 saturated heterocycles. The van der Waals surface area contributed by atoms with Crippen LogP contribution in [0.3, 0.4) is 0 Å². The Morgan fingerprint density at radius 3 is 2.52 bits per heavy atom. The molecule has 0 unspecified atom stereocenters. The summed E-state index contributed by atoms with van der Waals surface area (Å²) in [6.07, 6.45) is 7.39. The van der Waals surface area contributed by atoms with E-state index in [-0.39, 0.29) is 0 Å². The Bertz CT molecular complexity index is 474. The molecular weight excluding hydrogens is 401 g/mol. The van der Waals surface area contributed by atoms with Crippen molar-refractivity contribution in [3.8, 4) is 0 Å². The van der Waals surface area contributed by atoms with E-state index in [0.29, 0.717) is 18.8 Å². The van der Waals surface area contributed by atoms with Crippen LogP contribution in [0.5, 0.6) is 0 Å². The number of ether oxygens (including phenoxy) is 2. The first kappa shape index (κ1) is 19.2. The molecule has 0 spiro atoms. The lowest BCUT2D eigenvalue weighted by atomic mass is 9.88. The molecule has 1 aliphatic rings. The summed E-state index contributed by atoms with van der Waals surface area (Å²) in [4.78, 5) is 0. The van der Waals surface area contributed by atoms with Crippen molar-refractivity contribution in [3.05, 3.63) is 33.4 Å². The van der Waals surface area contributed by atoms with Crippen LogP contribution in [0.4, 0.5) is 0 Å². The van der Waals surface area contributed by atoms with Gasteiger partial charge in [0.15, 0.2) is 0 Å². The molecule has 0 bridgehead atoms. The predicted molar refractivity (Wildman–Crippen MR) is 103 cm³/mol. The lowest BCUT2D eigenvalue weighted by Crippen LogP contribution is -2.52. The quantitative estimate of drug-likeness (QED) is 0.463. The highest BCUT2D eigenvalue weighted by atomic mass is 127. The van der Waals surface area contributed by atoms with E-state index in [9.17, 15) is 0 Å². The van der Waals surface area contributed by atoms with Crippen molar-refractivity contribution in [2.75, 3.05) is 13.9 Å². The Kier molecular flexibility index (Phi) is 7.79. The number of methoxy groups -OCH3 is 1. The number of hydrogen-bond acceptors (Lipinski definition) is 3. The highest BCUT2D eigenvalue weighted by Gasteiger charge is 2.38. The average molecular weight is 431 g/mol. The van der Waals surface area contributed by atoms with E-state index >= 15 is 0 Å². The second-order valence-electron chi connectivity index (χ2n) is 6.93. The van der Waals surface area contributed by atoms with Crippen molar-refractivity contribution in [2.45, 2.75) is 64.1 Å². The minimum absolute atomic E-state index is 0.303. The molecule has 1 aliphatic carbocycles. The Morgan fingerprint density at radius 1 is 1.22 bits per heavy atom. The first-order valence-electron chi connectivity index (χ1n) is 8.73. The Balaban J connectivity index is 2.34. The van der Waals surface area contributed by atoms with Gasteiger partial charge >= 0.3 is 0 Å². The molecule has 23 heavy (non-hydrogen) atoms. The molecule has 1 fully saturated rings. The summed E-state index contributed by atoms with van der Waals surface area (Å²) in [6.45, 7) is 4.81. The molecule has 1 atom stereocenters. The third kappa shape index (κ3) is 5.41. The first-order valence-corrected chi connectivity index (χ1v) is 9.81. The Hall–Kier alpha value is -0.170. The highest BCUT2D eigenvalue weighted by Crippen LogP contribution is 2.35. The number of rotatable bonds is 8. The predicted octanol–water partition coefficient (Wildman–Crippen LogP) is 5.03. The van der Waals surface area contributed by atoms with Crippen LogP contribution in [-0.4, -0.2) is 19.9 Å². The fourth-order valence-electron chi connectivity index (χ4n) is 3.52. The molecule has 1 aromatic carbocycles. The van der Waals surface area contributed by atoms with Gasteiger partial charge in [-0.2, -0.15) is 0 Å². The molecular formula is C19H30INO2. The van der Waals surface area contributed by atoms with Crippen LogP contribution in [-0.2, 0) is 15.2 Å². The van der Waals surface area contributed by atoms with Gasteiger partial charge in [-0.3, -0.25) is 5.32 Å². The summed E-state index contributed by atoms with van der Waals surface area (Å²) in [5, 5.41) is 3.89. The largest absolute Gasteiger partial charge is 0.359 e. The van der Waals surface area contributed by atoms with Gasteiger partial charge in [0.05, 0.1) is 0 Å². The van der Waals surface area contributed by atoms with Crippen molar-refractivity contribution in [2.24, 2.45) is 5.92 Å². The van der Waals surface area contributed by atoms with E-state index in [0.717, 1.165) is 6.42 Å². The van der Waals surface area contributed by atoms with Crippen molar-refractivity contribution in [3.63, 3.8) is 0 Å². The van der Waals surface area contributed by atoms with Gasteiger partial charge in [0, 0.05) is 22.3 Å². The summed E-state index contributed by atoms with van der Waals surface area (Å²) < 4.78 is 12.8. The molecule has 1 aromatic rings. The van der Waals surface area contributed by atoms with E-state index in [2.05, 4.69) is 66.0 Å². The number of hydrogen-bond donors (Lipinski definition) is 1. The van der Waals surface area contributed by atoms with Crippen molar-refractivity contribution < 1.29 is 9.47 Å². The Labute approximate surface area is 154 Å². The fraction of sp³-hybridized carbons (Fsp3) is 0.684. The van der Waals surface area contributed by atoms with E-state index in [1.165, 1.54) is 41.2 Å². The van der Waals surface area contributed by atoms with Crippen LogP contribution in [0.25, 0.3) is 0 Å². The molecule has 0 aliphatic heterocycles. The van der Waals surface area contributed by atoms with E-state index in [4.69, 9.17) is 9.47 Å². The third-order valence-electron chi connectivity index (χ3n) is 4.47. The summed E-state index contributed by atoms with van der Waals surface area (Å²) >= 11 is 2.42. The van der Waals surface area contributed by atoms with Crippen LogP contribution in [0.15, 0.2) is 24.3 Å². The maximum atomic E-state index is 6.32. The summed E-state index contributed by atoms with van der Waals surface area (Å²) in [5.74, 6) is 0.527. The first-order chi connectivity index (χ1) is 11.1. The second kappa shape index (κ2) is 9.35. The minimum atomic E-state index is -0.468. The van der Waals surface area contributed by atoms with E-state index in [1.54, 1.807) is 7.11 Å². The normalized spacial score (nSPS) is 19.0. The van der Waals surface area contributed by atoms with Crippen LogP contribution < -0.4 is 5.32 Å². The molecule has 0 heterocycles. The van der Waals surface area contributed by atoms with Crippen LogP contribution >= 0.6 is 22.6 Å². The fourth-order valence-corrected chi connectivity index (χ4v) is 4.35. The van der Waals surface area contributed by atoms with Gasteiger partial charge in [-0.1, -0.05) is 51.3 Å². The van der Waals surface area contributed by atoms with Crippen molar-refractivity contribution in [1.29, 1.82) is 0 Å². The maximum Gasteiger partial charge on any atom is 0.149 e. The molecule has 0 amide bonds. The zero-order valence-electron chi connectivity index (χ0n) is 14.6. The Morgan fingerprint density at radius 2 is 1.91 bits per heavy atom. The molecule has 4 heteroatoms. The lowest BCUT2D eigenvalue weighted by Gasteiger charge is -2.41. The molecule has 1 saturated carbocycles. The van der Waals surface area contributed by atoms with Gasteiger partial charge in [0.25, 0.3) is 0 Å². The zero-order valence-corrected chi connectivity index (χ0v) is 16.8. The van der Waals surface area contributed by atoms with Gasteiger partial charge in [0.2, 0.25) is 0 Å². The average Bonchev–Trinajstić information content (AvgIpc) is 2.53. The van der Waals surface area contributed by atoms with Gasteiger partial charge in [-0.15, -0.1) is 0 Å². The molecule has 1 N–H and O–H groups in total. The van der Waals surface area contributed by atoms with Crippen LogP contribution in [0, 0.1) is 9.49 Å². The monoisotopic (exact) mass is 431 g/mol. The summed E-state index contributed by atoms with van der Waals surface area (Å²) in [7, 11) is 1.69. The van der Waals surface area contributed by atoms with Crippen LogP contribution in [0.1, 0.15) is 57.9 Å². The maximum absolute atomic E-state index is 6.32. The zero-order chi connectivity index (χ0) is 16.7. The number of nitrogens with one attached hydrogen (secondary N) is 1. The van der Waals surface area contributed by atoms with Gasteiger partial charge in [0.1, 0.15) is 12.5 Å². The second-order valence-corrected chi connectivity index (χ2v) is 8.10. The van der Waals surface area contributed by atoms with Gasteiger partial charge in [-0.25, -0.2) is 0 Å². The third-order valence-corrected chi connectivity index (χ3v) is 5.41.